The van der Waals surface area contributed by atoms with E-state index < -0.39 is 0 Å². The highest BCUT2D eigenvalue weighted by Crippen LogP contribution is 2.20. The summed E-state index contributed by atoms with van der Waals surface area (Å²) in [4.78, 5) is 8.44. The average molecular weight is 266 g/mol. The minimum atomic E-state index is 0.0817. The molecular weight excluding hydrogens is 240 g/mol. The summed E-state index contributed by atoms with van der Waals surface area (Å²) in [7, 11) is 0. The molecule has 1 aromatic rings. The predicted molar refractivity (Wildman–Crippen MR) is 78.3 cm³/mol. The molecule has 108 valence electrons. The highest BCUT2D eigenvalue weighted by Gasteiger charge is 2.15. The molecule has 1 atom stereocenters. The molecule has 1 rings (SSSR count). The fourth-order valence-corrected chi connectivity index (χ4v) is 1.82. The van der Waals surface area contributed by atoms with E-state index in [2.05, 4.69) is 36.1 Å². The third kappa shape index (κ3) is 6.96. The first-order valence-corrected chi connectivity index (χ1v) is 6.75. The molecule has 0 aliphatic rings. The van der Waals surface area contributed by atoms with Crippen LogP contribution in [0.2, 0.25) is 0 Å². The molecule has 0 aliphatic carbocycles. The lowest BCUT2D eigenvalue weighted by Crippen LogP contribution is -2.33. The number of nitrogens with zero attached hydrogens (tertiary/aromatic N) is 2. The van der Waals surface area contributed by atoms with Gasteiger partial charge in [-0.2, -0.15) is 4.98 Å². The third-order valence-corrected chi connectivity index (χ3v) is 2.38. The maximum Gasteiger partial charge on any atom is 0.225 e. The summed E-state index contributed by atoms with van der Waals surface area (Å²) in [6.07, 6.45) is 2.73. The molecule has 0 spiro atoms. The minimum Gasteiger partial charge on any atom is -0.475 e. The Labute approximate surface area is 116 Å². The van der Waals surface area contributed by atoms with Crippen molar-refractivity contribution in [1.29, 1.82) is 0 Å². The summed E-state index contributed by atoms with van der Waals surface area (Å²) in [6, 6.07) is 1.83. The largest absolute Gasteiger partial charge is 0.475 e. The summed E-state index contributed by atoms with van der Waals surface area (Å²) in [5, 5.41) is 3.15. The Bertz CT molecular complexity index is 387. The predicted octanol–water partition coefficient (Wildman–Crippen LogP) is 2.44. The first-order chi connectivity index (χ1) is 8.76. The van der Waals surface area contributed by atoms with Gasteiger partial charge in [-0.3, -0.25) is 0 Å². The normalized spacial score (nSPS) is 13.4. The highest BCUT2D eigenvalue weighted by molar-refractivity contribution is 5.27. The molecular formula is C14H26N4O. The maximum absolute atomic E-state index is 6.08. The summed E-state index contributed by atoms with van der Waals surface area (Å²) in [5.41, 5.74) is 6.30. The van der Waals surface area contributed by atoms with Crippen LogP contribution in [0.3, 0.4) is 0 Å². The molecule has 0 fully saturated rings. The zero-order chi connectivity index (χ0) is 14.5. The summed E-state index contributed by atoms with van der Waals surface area (Å²) in [6.45, 7) is 11.1. The van der Waals surface area contributed by atoms with Crippen LogP contribution in [0.25, 0.3) is 0 Å². The van der Waals surface area contributed by atoms with Crippen LogP contribution in [-0.4, -0.2) is 28.7 Å². The molecule has 0 bridgehead atoms. The maximum atomic E-state index is 6.08. The monoisotopic (exact) mass is 266 g/mol. The Morgan fingerprint density at radius 2 is 2.05 bits per heavy atom. The van der Waals surface area contributed by atoms with Crippen LogP contribution in [0.15, 0.2) is 12.3 Å². The van der Waals surface area contributed by atoms with Gasteiger partial charge in [-0.25, -0.2) is 4.98 Å². The van der Waals surface area contributed by atoms with Gasteiger partial charge in [-0.15, -0.1) is 0 Å². The molecule has 0 saturated carbocycles. The lowest BCUT2D eigenvalue weighted by atomic mass is 9.88. The standard InChI is InChI=1S/C14H26N4O/c1-10(2)19-12-6-7-16-13(18-12)17-9-11(15)8-14(3,4)5/h6-7,10-11H,8-9,15H2,1-5H3,(H,16,17,18). The van der Waals surface area contributed by atoms with Crippen LogP contribution in [0.4, 0.5) is 5.95 Å². The Morgan fingerprint density at radius 3 is 2.63 bits per heavy atom. The lowest BCUT2D eigenvalue weighted by Gasteiger charge is -2.23. The van der Waals surface area contributed by atoms with Gasteiger partial charge in [0.25, 0.3) is 0 Å². The zero-order valence-corrected chi connectivity index (χ0v) is 12.6. The van der Waals surface area contributed by atoms with Gasteiger partial charge in [0, 0.05) is 24.8 Å². The fraction of sp³-hybridized carbons (Fsp3) is 0.714. The van der Waals surface area contributed by atoms with Crippen molar-refractivity contribution < 1.29 is 4.74 Å². The van der Waals surface area contributed by atoms with E-state index in [9.17, 15) is 0 Å². The summed E-state index contributed by atoms with van der Waals surface area (Å²) >= 11 is 0. The van der Waals surface area contributed by atoms with Crippen molar-refractivity contribution in [3.63, 3.8) is 0 Å². The van der Waals surface area contributed by atoms with Crippen LogP contribution in [0, 0.1) is 5.41 Å². The molecule has 0 radical (unpaired) electrons. The van der Waals surface area contributed by atoms with E-state index in [0.717, 1.165) is 6.42 Å². The minimum absolute atomic E-state index is 0.0817. The molecule has 0 aromatic carbocycles. The van der Waals surface area contributed by atoms with Crippen molar-refractivity contribution in [2.24, 2.45) is 11.1 Å². The van der Waals surface area contributed by atoms with Gasteiger partial charge >= 0.3 is 0 Å². The van der Waals surface area contributed by atoms with E-state index in [-0.39, 0.29) is 17.6 Å². The van der Waals surface area contributed by atoms with Gasteiger partial charge in [0.15, 0.2) is 0 Å². The van der Waals surface area contributed by atoms with Crippen LogP contribution in [0.5, 0.6) is 5.88 Å². The van der Waals surface area contributed by atoms with Crippen molar-refractivity contribution in [2.75, 3.05) is 11.9 Å². The highest BCUT2D eigenvalue weighted by atomic mass is 16.5. The van der Waals surface area contributed by atoms with Gasteiger partial charge < -0.3 is 15.8 Å². The summed E-state index contributed by atoms with van der Waals surface area (Å²) in [5.74, 6) is 1.14. The van der Waals surface area contributed by atoms with Crippen molar-refractivity contribution in [3.8, 4) is 5.88 Å². The van der Waals surface area contributed by atoms with E-state index in [0.29, 0.717) is 18.4 Å². The van der Waals surface area contributed by atoms with Crippen LogP contribution < -0.4 is 15.8 Å². The van der Waals surface area contributed by atoms with Gasteiger partial charge in [-0.05, 0) is 25.7 Å². The van der Waals surface area contributed by atoms with Crippen molar-refractivity contribution in [3.05, 3.63) is 12.3 Å². The number of nitrogens with two attached hydrogens (primary N) is 1. The van der Waals surface area contributed by atoms with Crippen molar-refractivity contribution >= 4 is 5.95 Å². The molecule has 1 aromatic heterocycles. The topological polar surface area (TPSA) is 73.1 Å². The first-order valence-electron chi connectivity index (χ1n) is 6.75. The average Bonchev–Trinajstić information content (AvgIpc) is 2.23. The number of aromatic nitrogens is 2. The Morgan fingerprint density at radius 1 is 1.37 bits per heavy atom. The zero-order valence-electron chi connectivity index (χ0n) is 12.6. The molecule has 0 saturated heterocycles. The molecule has 1 unspecified atom stereocenters. The van der Waals surface area contributed by atoms with E-state index in [1.807, 2.05) is 13.8 Å². The third-order valence-electron chi connectivity index (χ3n) is 2.38. The molecule has 0 amide bonds. The molecule has 3 N–H and O–H groups in total. The number of hydrogen-bond donors (Lipinski definition) is 2. The number of anilines is 1. The van der Waals surface area contributed by atoms with Gasteiger partial charge in [0.05, 0.1) is 6.10 Å². The molecule has 1 heterocycles. The second kappa shape index (κ2) is 6.70. The summed E-state index contributed by atoms with van der Waals surface area (Å²) < 4.78 is 5.52. The second-order valence-corrected chi connectivity index (χ2v) is 6.29. The molecule has 5 heteroatoms. The lowest BCUT2D eigenvalue weighted by molar-refractivity contribution is 0.232. The second-order valence-electron chi connectivity index (χ2n) is 6.29. The van der Waals surface area contributed by atoms with E-state index in [1.54, 1.807) is 12.3 Å². The molecule has 0 aliphatic heterocycles. The number of rotatable bonds is 6. The van der Waals surface area contributed by atoms with E-state index >= 15 is 0 Å². The van der Waals surface area contributed by atoms with Gasteiger partial charge in [-0.1, -0.05) is 20.8 Å². The van der Waals surface area contributed by atoms with Gasteiger partial charge in [0.1, 0.15) is 0 Å². The van der Waals surface area contributed by atoms with Crippen molar-refractivity contribution in [2.45, 2.75) is 53.2 Å². The number of nitrogens with one attached hydrogen (secondary N) is 1. The Hall–Kier alpha value is -1.36. The van der Waals surface area contributed by atoms with Crippen LogP contribution in [-0.2, 0) is 0 Å². The quantitative estimate of drug-likeness (QED) is 0.827. The smallest absolute Gasteiger partial charge is 0.225 e. The van der Waals surface area contributed by atoms with Crippen LogP contribution in [0.1, 0.15) is 41.0 Å². The number of hydrogen-bond acceptors (Lipinski definition) is 5. The fourth-order valence-electron chi connectivity index (χ4n) is 1.82. The molecule has 19 heavy (non-hydrogen) atoms. The Kier molecular flexibility index (Phi) is 5.54. The van der Waals surface area contributed by atoms with Crippen LogP contribution >= 0.6 is 0 Å². The van der Waals surface area contributed by atoms with E-state index in [4.69, 9.17) is 10.5 Å². The SMILES string of the molecule is CC(C)Oc1ccnc(NCC(N)CC(C)(C)C)n1. The van der Waals surface area contributed by atoms with Crippen molar-refractivity contribution in [1.82, 2.24) is 9.97 Å². The Balaban J connectivity index is 2.49. The number of ether oxygens (including phenoxy) is 1. The first kappa shape index (κ1) is 15.7. The molecule has 5 nitrogen and oxygen atoms in total. The van der Waals surface area contributed by atoms with Gasteiger partial charge in [0.2, 0.25) is 11.8 Å². The van der Waals surface area contributed by atoms with E-state index in [1.165, 1.54) is 0 Å².